The van der Waals surface area contributed by atoms with E-state index in [9.17, 15) is 0 Å². The normalized spacial score (nSPS) is 17.8. The van der Waals surface area contributed by atoms with Gasteiger partial charge in [0.05, 0.1) is 0 Å². The van der Waals surface area contributed by atoms with Crippen molar-refractivity contribution in [3.8, 4) is 0 Å². The van der Waals surface area contributed by atoms with Gasteiger partial charge in [0.15, 0.2) is 0 Å². The van der Waals surface area contributed by atoms with Crippen LogP contribution in [0, 0.1) is 0 Å². The van der Waals surface area contributed by atoms with E-state index in [0.717, 1.165) is 39.1 Å². The summed E-state index contributed by atoms with van der Waals surface area (Å²) in [7, 11) is 0. The summed E-state index contributed by atoms with van der Waals surface area (Å²) in [4.78, 5) is 7.72. The summed E-state index contributed by atoms with van der Waals surface area (Å²) in [6, 6.07) is 10.7. The molecule has 1 aliphatic rings. The maximum absolute atomic E-state index is 8.37. The Hall–Kier alpha value is -1.71. The SMILES string of the molecule is CC(CCN1CCN(c2ccccc2)CC1)N=[N+]=[N-]. The maximum Gasteiger partial charge on any atom is 0.0367 e. The number of piperazine rings is 1. The smallest absolute Gasteiger partial charge is 0.0367 e. The Morgan fingerprint density at radius 1 is 1.21 bits per heavy atom. The topological polar surface area (TPSA) is 55.2 Å². The molecule has 102 valence electrons. The fourth-order valence-electron chi connectivity index (χ4n) is 2.38. The largest absolute Gasteiger partial charge is 0.369 e. The first-order valence-corrected chi connectivity index (χ1v) is 6.86. The van der Waals surface area contributed by atoms with Crippen LogP contribution < -0.4 is 4.90 Å². The van der Waals surface area contributed by atoms with Crippen LogP contribution in [-0.2, 0) is 0 Å². The molecule has 0 radical (unpaired) electrons. The lowest BCUT2D eigenvalue weighted by Gasteiger charge is -2.36. The molecule has 1 fully saturated rings. The van der Waals surface area contributed by atoms with Gasteiger partial charge in [-0.25, -0.2) is 0 Å². The zero-order valence-electron chi connectivity index (χ0n) is 11.4. The summed E-state index contributed by atoms with van der Waals surface area (Å²) < 4.78 is 0. The van der Waals surface area contributed by atoms with Crippen LogP contribution in [0.1, 0.15) is 13.3 Å². The molecular formula is C14H21N5. The Balaban J connectivity index is 1.75. The van der Waals surface area contributed by atoms with E-state index < -0.39 is 0 Å². The van der Waals surface area contributed by atoms with Gasteiger partial charge in [0.2, 0.25) is 0 Å². The third-order valence-corrected chi connectivity index (χ3v) is 3.61. The third kappa shape index (κ3) is 4.16. The zero-order chi connectivity index (χ0) is 13.5. The maximum atomic E-state index is 8.37. The van der Waals surface area contributed by atoms with E-state index in [-0.39, 0.29) is 6.04 Å². The number of hydrogen-bond donors (Lipinski definition) is 0. The molecule has 0 aromatic heterocycles. The second-order valence-corrected chi connectivity index (χ2v) is 5.01. The Morgan fingerprint density at radius 3 is 2.53 bits per heavy atom. The van der Waals surface area contributed by atoms with Crippen LogP contribution in [0.2, 0.25) is 0 Å². The predicted molar refractivity (Wildman–Crippen MR) is 78.3 cm³/mol. The van der Waals surface area contributed by atoms with Gasteiger partial charge in [-0.05, 0) is 30.6 Å². The molecule has 5 heteroatoms. The first kappa shape index (κ1) is 13.7. The van der Waals surface area contributed by atoms with Gasteiger partial charge < -0.3 is 4.90 Å². The summed E-state index contributed by atoms with van der Waals surface area (Å²) in [6.07, 6.45) is 0.940. The van der Waals surface area contributed by atoms with Crippen LogP contribution in [0.3, 0.4) is 0 Å². The van der Waals surface area contributed by atoms with E-state index in [0.29, 0.717) is 0 Å². The van der Waals surface area contributed by atoms with Crippen molar-refractivity contribution in [2.75, 3.05) is 37.6 Å². The van der Waals surface area contributed by atoms with Crippen molar-refractivity contribution in [1.82, 2.24) is 4.90 Å². The summed E-state index contributed by atoms with van der Waals surface area (Å²) in [5.41, 5.74) is 9.68. The molecule has 1 aromatic rings. The molecule has 1 saturated heterocycles. The monoisotopic (exact) mass is 259 g/mol. The highest BCUT2D eigenvalue weighted by atomic mass is 15.3. The van der Waals surface area contributed by atoms with Crippen molar-refractivity contribution < 1.29 is 0 Å². The molecular weight excluding hydrogens is 238 g/mol. The van der Waals surface area contributed by atoms with Gasteiger partial charge in [0.25, 0.3) is 0 Å². The lowest BCUT2D eigenvalue weighted by Crippen LogP contribution is -2.46. The Morgan fingerprint density at radius 2 is 1.89 bits per heavy atom. The quantitative estimate of drug-likeness (QED) is 0.464. The summed E-state index contributed by atoms with van der Waals surface area (Å²) in [6.45, 7) is 7.29. The average molecular weight is 259 g/mol. The van der Waals surface area contributed by atoms with Crippen molar-refractivity contribution in [3.63, 3.8) is 0 Å². The number of para-hydroxylation sites is 1. The molecule has 0 aliphatic carbocycles. The fraction of sp³-hybridized carbons (Fsp3) is 0.571. The molecule has 1 aromatic carbocycles. The summed E-state index contributed by atoms with van der Waals surface area (Å²) in [5, 5.41) is 3.71. The lowest BCUT2D eigenvalue weighted by atomic mass is 10.2. The number of azide groups is 1. The number of hydrogen-bond acceptors (Lipinski definition) is 3. The molecule has 1 heterocycles. The zero-order valence-corrected chi connectivity index (χ0v) is 11.4. The average Bonchev–Trinajstić information content (AvgIpc) is 2.47. The fourth-order valence-corrected chi connectivity index (χ4v) is 2.38. The van der Waals surface area contributed by atoms with E-state index in [2.05, 4.69) is 50.2 Å². The molecule has 0 bridgehead atoms. The van der Waals surface area contributed by atoms with Crippen LogP contribution in [-0.4, -0.2) is 43.7 Å². The number of benzene rings is 1. The van der Waals surface area contributed by atoms with Crippen LogP contribution in [0.5, 0.6) is 0 Å². The van der Waals surface area contributed by atoms with E-state index in [1.807, 2.05) is 6.92 Å². The molecule has 0 N–H and O–H groups in total. The van der Waals surface area contributed by atoms with E-state index in [1.54, 1.807) is 0 Å². The van der Waals surface area contributed by atoms with Crippen molar-refractivity contribution in [2.24, 2.45) is 5.11 Å². The molecule has 1 atom stereocenters. The molecule has 0 amide bonds. The van der Waals surface area contributed by atoms with Gasteiger partial charge >= 0.3 is 0 Å². The molecule has 0 saturated carbocycles. The van der Waals surface area contributed by atoms with Gasteiger partial charge in [-0.1, -0.05) is 30.2 Å². The summed E-state index contributed by atoms with van der Waals surface area (Å²) >= 11 is 0. The second-order valence-electron chi connectivity index (χ2n) is 5.01. The van der Waals surface area contributed by atoms with Crippen molar-refractivity contribution in [1.29, 1.82) is 0 Å². The van der Waals surface area contributed by atoms with Gasteiger partial charge in [0.1, 0.15) is 0 Å². The summed E-state index contributed by atoms with van der Waals surface area (Å²) in [5.74, 6) is 0. The highest BCUT2D eigenvalue weighted by Gasteiger charge is 2.16. The molecule has 1 aliphatic heterocycles. The van der Waals surface area contributed by atoms with Gasteiger partial charge in [0, 0.05) is 42.8 Å². The Bertz CT molecular complexity index is 419. The minimum atomic E-state index is 0.0946. The minimum absolute atomic E-state index is 0.0946. The molecule has 1 unspecified atom stereocenters. The van der Waals surface area contributed by atoms with E-state index in [1.165, 1.54) is 5.69 Å². The number of nitrogens with zero attached hydrogens (tertiary/aromatic N) is 5. The van der Waals surface area contributed by atoms with Gasteiger partial charge in [-0.15, -0.1) is 0 Å². The van der Waals surface area contributed by atoms with E-state index >= 15 is 0 Å². The third-order valence-electron chi connectivity index (χ3n) is 3.61. The minimum Gasteiger partial charge on any atom is -0.369 e. The lowest BCUT2D eigenvalue weighted by molar-refractivity contribution is 0.250. The van der Waals surface area contributed by atoms with Crippen LogP contribution >= 0.6 is 0 Å². The molecule has 2 rings (SSSR count). The molecule has 19 heavy (non-hydrogen) atoms. The second kappa shape index (κ2) is 7.02. The Labute approximate surface area is 114 Å². The van der Waals surface area contributed by atoms with Crippen LogP contribution in [0.4, 0.5) is 5.69 Å². The first-order chi connectivity index (χ1) is 9.29. The number of anilines is 1. The Kier molecular flexibility index (Phi) is 5.07. The van der Waals surface area contributed by atoms with Gasteiger partial charge in [-0.2, -0.15) is 0 Å². The van der Waals surface area contributed by atoms with Crippen molar-refractivity contribution in [3.05, 3.63) is 40.8 Å². The molecule has 5 nitrogen and oxygen atoms in total. The van der Waals surface area contributed by atoms with Crippen LogP contribution in [0.15, 0.2) is 35.4 Å². The molecule has 0 spiro atoms. The number of rotatable bonds is 5. The predicted octanol–water partition coefficient (Wildman–Crippen LogP) is 2.90. The van der Waals surface area contributed by atoms with Crippen molar-refractivity contribution in [2.45, 2.75) is 19.4 Å². The van der Waals surface area contributed by atoms with E-state index in [4.69, 9.17) is 5.53 Å². The highest BCUT2D eigenvalue weighted by molar-refractivity contribution is 5.46. The highest BCUT2D eigenvalue weighted by Crippen LogP contribution is 2.15. The van der Waals surface area contributed by atoms with Crippen LogP contribution in [0.25, 0.3) is 10.4 Å². The first-order valence-electron chi connectivity index (χ1n) is 6.86. The van der Waals surface area contributed by atoms with Crippen molar-refractivity contribution >= 4 is 5.69 Å². The van der Waals surface area contributed by atoms with Gasteiger partial charge in [-0.3, -0.25) is 4.90 Å². The standard InChI is InChI=1S/C14H21N5/c1-13(16-17-15)7-8-18-9-11-19(12-10-18)14-5-3-2-4-6-14/h2-6,13H,7-12H2,1H3.